The number of rotatable bonds is 5. The second-order valence-electron chi connectivity index (χ2n) is 10.1. The van der Waals surface area contributed by atoms with E-state index in [1.165, 1.54) is 18.9 Å². The second kappa shape index (κ2) is 10.0. The van der Waals surface area contributed by atoms with Crippen molar-refractivity contribution in [2.24, 2.45) is 0 Å². The molecule has 2 fully saturated rings. The molecule has 1 N–H and O–H groups in total. The Morgan fingerprint density at radius 1 is 1.27 bits per heavy atom. The molecule has 0 spiro atoms. The van der Waals surface area contributed by atoms with Crippen LogP contribution in [0.3, 0.4) is 0 Å². The smallest absolute Gasteiger partial charge is 0.410 e. The van der Waals surface area contributed by atoms with E-state index < -0.39 is 11.4 Å². The van der Waals surface area contributed by atoms with Crippen LogP contribution in [0.4, 0.5) is 9.18 Å². The zero-order valence-corrected chi connectivity index (χ0v) is 20.5. The highest BCUT2D eigenvalue weighted by Crippen LogP contribution is 2.32. The molecule has 2 aliphatic rings. The van der Waals surface area contributed by atoms with Gasteiger partial charge in [0.15, 0.2) is 0 Å². The first kappa shape index (κ1) is 24.0. The molecule has 0 aliphatic carbocycles. The van der Waals surface area contributed by atoms with Gasteiger partial charge in [0.05, 0.1) is 10.7 Å². The van der Waals surface area contributed by atoms with Crippen LogP contribution in [0.5, 0.6) is 0 Å². The van der Waals surface area contributed by atoms with Gasteiger partial charge in [0.1, 0.15) is 17.2 Å². The summed E-state index contributed by atoms with van der Waals surface area (Å²) >= 11 is 6.03. The average molecular weight is 477 g/mol. The largest absolute Gasteiger partial charge is 0.444 e. The maximum absolute atomic E-state index is 13.7. The molecule has 2 aromatic rings. The zero-order valence-electron chi connectivity index (χ0n) is 19.7. The van der Waals surface area contributed by atoms with Gasteiger partial charge in [-0.15, -0.1) is 0 Å². The van der Waals surface area contributed by atoms with Gasteiger partial charge in [-0.3, -0.25) is 0 Å². The summed E-state index contributed by atoms with van der Waals surface area (Å²) in [7, 11) is 0. The number of hydrogen-bond acceptors (Lipinski definition) is 4. The molecule has 0 saturated carbocycles. The van der Waals surface area contributed by atoms with Crippen LogP contribution < -0.4 is 5.32 Å². The number of imidazole rings is 1. The highest BCUT2D eigenvalue weighted by atomic mass is 35.5. The van der Waals surface area contributed by atoms with E-state index in [1.807, 2.05) is 20.8 Å². The van der Waals surface area contributed by atoms with Crippen LogP contribution in [0.15, 0.2) is 24.4 Å². The number of carbonyl (C=O) groups excluding carboxylic acids is 1. The fourth-order valence-electron chi connectivity index (χ4n) is 4.67. The van der Waals surface area contributed by atoms with Gasteiger partial charge in [-0.1, -0.05) is 11.6 Å². The van der Waals surface area contributed by atoms with Crippen molar-refractivity contribution in [2.75, 3.05) is 19.6 Å². The Hall–Kier alpha value is -2.12. The molecule has 1 unspecified atom stereocenters. The lowest BCUT2D eigenvalue weighted by molar-refractivity contribution is 0.0202. The first-order valence-electron chi connectivity index (χ1n) is 11.9. The van der Waals surface area contributed by atoms with E-state index in [1.54, 1.807) is 17.0 Å². The van der Waals surface area contributed by atoms with Crippen molar-refractivity contribution in [3.05, 3.63) is 41.1 Å². The Morgan fingerprint density at radius 3 is 2.67 bits per heavy atom. The van der Waals surface area contributed by atoms with E-state index in [4.69, 9.17) is 21.3 Å². The third kappa shape index (κ3) is 6.07. The van der Waals surface area contributed by atoms with Crippen LogP contribution in [-0.2, 0) is 11.3 Å². The molecular formula is C25H34ClFN4O2. The molecule has 1 atom stereocenters. The minimum absolute atomic E-state index is 0.101. The molecule has 1 aromatic carbocycles. The quantitative estimate of drug-likeness (QED) is 0.610. The molecule has 2 saturated heterocycles. The van der Waals surface area contributed by atoms with E-state index >= 15 is 0 Å². The molecule has 2 aliphatic heterocycles. The first-order valence-corrected chi connectivity index (χ1v) is 12.3. The number of likely N-dealkylation sites (tertiary alicyclic amines) is 1. The van der Waals surface area contributed by atoms with Crippen molar-refractivity contribution >= 4 is 17.7 Å². The summed E-state index contributed by atoms with van der Waals surface area (Å²) in [6.07, 6.45) is 6.96. The Bertz CT molecular complexity index is 973. The highest BCUT2D eigenvalue weighted by molar-refractivity contribution is 6.31. The van der Waals surface area contributed by atoms with Crippen LogP contribution in [0, 0.1) is 5.82 Å². The third-order valence-electron chi connectivity index (χ3n) is 6.42. The standard InChI is InChI=1S/C25H34ClFN4O2/c1-25(2,3)33-24(32)30-12-8-17(9-13-30)23-29-22(18-6-7-21(27)20(26)15-18)16-31(23)14-10-19-5-4-11-28-19/h6-7,15-17,19,28H,4-5,8-14H2,1-3H3. The second-order valence-corrected chi connectivity index (χ2v) is 10.5. The molecule has 180 valence electrons. The van der Waals surface area contributed by atoms with Crippen molar-refractivity contribution in [3.8, 4) is 11.3 Å². The Kier molecular flexibility index (Phi) is 7.29. The lowest BCUT2D eigenvalue weighted by Crippen LogP contribution is -2.41. The topological polar surface area (TPSA) is 59.4 Å². The summed E-state index contributed by atoms with van der Waals surface area (Å²) in [5.74, 6) is 0.860. The van der Waals surface area contributed by atoms with E-state index in [0.29, 0.717) is 19.1 Å². The number of aryl methyl sites for hydroxylation is 1. The summed E-state index contributed by atoms with van der Waals surface area (Å²) in [5.41, 5.74) is 1.12. The number of nitrogens with one attached hydrogen (secondary N) is 1. The van der Waals surface area contributed by atoms with Gasteiger partial charge in [-0.25, -0.2) is 14.2 Å². The van der Waals surface area contributed by atoms with Crippen molar-refractivity contribution < 1.29 is 13.9 Å². The molecule has 4 rings (SSSR count). The number of nitrogens with zero attached hydrogens (tertiary/aromatic N) is 3. The summed E-state index contributed by atoms with van der Waals surface area (Å²) in [6.45, 7) is 8.92. The number of ether oxygens (including phenoxy) is 1. The molecular weight excluding hydrogens is 443 g/mol. The van der Waals surface area contributed by atoms with Crippen LogP contribution in [0.25, 0.3) is 11.3 Å². The van der Waals surface area contributed by atoms with Crippen LogP contribution in [-0.4, -0.2) is 51.8 Å². The fourth-order valence-corrected chi connectivity index (χ4v) is 4.85. The van der Waals surface area contributed by atoms with E-state index in [9.17, 15) is 9.18 Å². The zero-order chi connectivity index (χ0) is 23.6. The SMILES string of the molecule is CC(C)(C)OC(=O)N1CCC(c2nc(-c3ccc(F)c(Cl)c3)cn2CCC2CCCN2)CC1. The van der Waals surface area contributed by atoms with E-state index in [0.717, 1.165) is 49.4 Å². The number of benzene rings is 1. The number of aromatic nitrogens is 2. The van der Waals surface area contributed by atoms with Gasteiger partial charge in [-0.05, 0) is 77.6 Å². The molecule has 3 heterocycles. The van der Waals surface area contributed by atoms with E-state index in [-0.39, 0.29) is 17.0 Å². The molecule has 6 nitrogen and oxygen atoms in total. The normalized spacial score (nSPS) is 19.8. The van der Waals surface area contributed by atoms with Gasteiger partial charge < -0.3 is 19.5 Å². The van der Waals surface area contributed by atoms with Crippen LogP contribution in [0.1, 0.15) is 64.6 Å². The molecule has 33 heavy (non-hydrogen) atoms. The minimum Gasteiger partial charge on any atom is -0.444 e. The predicted octanol–water partition coefficient (Wildman–Crippen LogP) is 5.60. The summed E-state index contributed by atoms with van der Waals surface area (Å²) in [5, 5.41) is 3.67. The maximum atomic E-state index is 13.7. The van der Waals surface area contributed by atoms with Gasteiger partial charge >= 0.3 is 6.09 Å². The number of hydrogen-bond donors (Lipinski definition) is 1. The minimum atomic E-state index is -0.496. The number of carbonyl (C=O) groups is 1. The molecule has 1 aromatic heterocycles. The first-order chi connectivity index (χ1) is 15.7. The molecule has 0 radical (unpaired) electrons. The molecule has 0 bridgehead atoms. The fraction of sp³-hybridized carbons (Fsp3) is 0.600. The Labute approximate surface area is 200 Å². The van der Waals surface area contributed by atoms with Crippen LogP contribution in [0.2, 0.25) is 5.02 Å². The maximum Gasteiger partial charge on any atom is 0.410 e. The van der Waals surface area contributed by atoms with E-state index in [2.05, 4.69) is 16.1 Å². The van der Waals surface area contributed by atoms with Crippen LogP contribution >= 0.6 is 11.6 Å². The van der Waals surface area contributed by atoms with Gasteiger partial charge in [0.2, 0.25) is 0 Å². The summed E-state index contributed by atoms with van der Waals surface area (Å²) in [6, 6.07) is 5.29. The van der Waals surface area contributed by atoms with Crippen molar-refractivity contribution in [1.29, 1.82) is 0 Å². The highest BCUT2D eigenvalue weighted by Gasteiger charge is 2.30. The monoisotopic (exact) mass is 476 g/mol. The van der Waals surface area contributed by atoms with Gasteiger partial charge in [-0.2, -0.15) is 0 Å². The van der Waals surface area contributed by atoms with Crippen molar-refractivity contribution in [1.82, 2.24) is 19.8 Å². The molecule has 8 heteroatoms. The average Bonchev–Trinajstić information content (AvgIpc) is 3.43. The number of piperidine rings is 1. The van der Waals surface area contributed by atoms with Crippen molar-refractivity contribution in [3.63, 3.8) is 0 Å². The summed E-state index contributed by atoms with van der Waals surface area (Å²) in [4.78, 5) is 19.2. The Morgan fingerprint density at radius 2 is 2.03 bits per heavy atom. The third-order valence-corrected chi connectivity index (χ3v) is 6.71. The van der Waals surface area contributed by atoms with Gasteiger partial charge in [0, 0.05) is 43.4 Å². The Balaban J connectivity index is 1.51. The summed E-state index contributed by atoms with van der Waals surface area (Å²) < 4.78 is 21.5. The lowest BCUT2D eigenvalue weighted by atomic mass is 9.96. The predicted molar refractivity (Wildman–Crippen MR) is 128 cm³/mol. The lowest BCUT2D eigenvalue weighted by Gasteiger charge is -2.33. The molecule has 1 amide bonds. The number of halogens is 2. The number of amides is 1. The van der Waals surface area contributed by atoms with Gasteiger partial charge in [0.25, 0.3) is 0 Å². The van der Waals surface area contributed by atoms with Crippen molar-refractivity contribution in [2.45, 2.75) is 77.0 Å².